The van der Waals surface area contributed by atoms with E-state index in [0.717, 1.165) is 58.3 Å². The number of aliphatic imine (C=N–C) groups is 1. The van der Waals surface area contributed by atoms with Crippen molar-refractivity contribution in [1.29, 1.82) is 0 Å². The summed E-state index contributed by atoms with van der Waals surface area (Å²) in [7, 11) is 3.92. The number of hydrogen-bond acceptors (Lipinski definition) is 5. The highest BCUT2D eigenvalue weighted by Gasteiger charge is 2.19. The molecule has 0 aliphatic carbocycles. The Morgan fingerprint density at radius 1 is 1.32 bits per heavy atom. The third-order valence-electron chi connectivity index (χ3n) is 5.19. The van der Waals surface area contributed by atoms with Crippen molar-refractivity contribution in [2.75, 3.05) is 66.6 Å². The maximum atomic E-state index is 5.12. The maximum absolute atomic E-state index is 5.12. The molecule has 1 aliphatic heterocycles. The van der Waals surface area contributed by atoms with Crippen molar-refractivity contribution in [2.24, 2.45) is 10.9 Å². The molecule has 0 saturated carbocycles. The van der Waals surface area contributed by atoms with Crippen LogP contribution < -0.4 is 10.6 Å². The Balaban J connectivity index is 1.64. The van der Waals surface area contributed by atoms with Crippen LogP contribution in [0.5, 0.6) is 0 Å². The zero-order valence-corrected chi connectivity index (χ0v) is 18.8. The Morgan fingerprint density at radius 2 is 2.14 bits per heavy atom. The summed E-state index contributed by atoms with van der Waals surface area (Å²) in [5, 5.41) is 9.03. The van der Waals surface area contributed by atoms with Crippen LogP contribution in [0.3, 0.4) is 0 Å². The van der Waals surface area contributed by atoms with Crippen LogP contribution in [0, 0.1) is 5.92 Å². The van der Waals surface area contributed by atoms with Crippen molar-refractivity contribution < 1.29 is 4.74 Å². The third kappa shape index (κ3) is 9.37. The molecule has 2 N–H and O–H groups in total. The largest absolute Gasteiger partial charge is 0.385 e. The molecule has 1 aliphatic rings. The Labute approximate surface area is 175 Å². The van der Waals surface area contributed by atoms with Gasteiger partial charge < -0.3 is 20.3 Å². The Kier molecular flexibility index (Phi) is 11.5. The molecule has 0 spiro atoms. The number of likely N-dealkylation sites (tertiary alicyclic amines) is 1. The number of nitrogens with one attached hydrogen (secondary N) is 2. The lowest BCUT2D eigenvalue weighted by atomic mass is 9.97. The molecule has 1 saturated heterocycles. The van der Waals surface area contributed by atoms with Crippen LogP contribution in [0.2, 0.25) is 0 Å². The highest BCUT2D eigenvalue weighted by molar-refractivity contribution is 7.09. The average Bonchev–Trinajstić information content (AvgIpc) is 3.20. The zero-order valence-electron chi connectivity index (χ0n) is 18.0. The van der Waals surface area contributed by atoms with Gasteiger partial charge in [0, 0.05) is 57.9 Å². The topological polar surface area (TPSA) is 52.1 Å². The number of guanidine groups is 1. The predicted molar refractivity (Wildman–Crippen MR) is 120 cm³/mol. The van der Waals surface area contributed by atoms with Gasteiger partial charge in [0.25, 0.3) is 0 Å². The van der Waals surface area contributed by atoms with Gasteiger partial charge in [-0.1, -0.05) is 6.07 Å². The van der Waals surface area contributed by atoms with Gasteiger partial charge in [0.2, 0.25) is 0 Å². The molecule has 0 atom stereocenters. The first kappa shape index (κ1) is 23.1. The molecule has 160 valence electrons. The van der Waals surface area contributed by atoms with Crippen LogP contribution in [-0.2, 0) is 11.3 Å². The van der Waals surface area contributed by atoms with Crippen molar-refractivity contribution in [1.82, 2.24) is 20.4 Å². The minimum atomic E-state index is 0.701. The molecule has 0 amide bonds. The molecular formula is C21H39N5OS. The first-order chi connectivity index (χ1) is 13.7. The van der Waals surface area contributed by atoms with Gasteiger partial charge in [-0.25, -0.2) is 0 Å². The molecule has 7 heteroatoms. The number of nitrogens with zero attached hydrogens (tertiary/aromatic N) is 3. The highest BCUT2D eigenvalue weighted by Crippen LogP contribution is 2.20. The van der Waals surface area contributed by atoms with Gasteiger partial charge in [0.15, 0.2) is 5.96 Å². The van der Waals surface area contributed by atoms with E-state index in [9.17, 15) is 0 Å². The summed E-state index contributed by atoms with van der Waals surface area (Å²) in [6, 6.07) is 4.39. The maximum Gasteiger partial charge on any atom is 0.191 e. The summed E-state index contributed by atoms with van der Waals surface area (Å²) in [5.74, 6) is 1.65. The van der Waals surface area contributed by atoms with E-state index >= 15 is 0 Å². The Hall–Kier alpha value is -1.15. The van der Waals surface area contributed by atoms with Crippen molar-refractivity contribution >= 4 is 17.3 Å². The number of piperidine rings is 1. The van der Waals surface area contributed by atoms with Crippen molar-refractivity contribution in [3.63, 3.8) is 0 Å². The van der Waals surface area contributed by atoms with Gasteiger partial charge in [0.1, 0.15) is 0 Å². The monoisotopic (exact) mass is 409 g/mol. The van der Waals surface area contributed by atoms with Crippen LogP contribution in [0.15, 0.2) is 22.5 Å². The molecule has 1 fully saturated rings. The van der Waals surface area contributed by atoms with Crippen LogP contribution in [0.25, 0.3) is 0 Å². The van der Waals surface area contributed by atoms with Gasteiger partial charge in [-0.05, 0) is 63.7 Å². The van der Waals surface area contributed by atoms with E-state index in [0.29, 0.717) is 5.92 Å². The molecule has 6 nitrogen and oxygen atoms in total. The van der Waals surface area contributed by atoms with Crippen LogP contribution in [0.4, 0.5) is 0 Å². The highest BCUT2D eigenvalue weighted by atomic mass is 32.1. The van der Waals surface area contributed by atoms with Crippen molar-refractivity contribution in [2.45, 2.75) is 32.7 Å². The molecule has 1 aromatic heterocycles. The van der Waals surface area contributed by atoms with E-state index in [-0.39, 0.29) is 0 Å². The summed E-state index contributed by atoms with van der Waals surface area (Å²) in [6.45, 7) is 11.2. The minimum absolute atomic E-state index is 0.701. The lowest BCUT2D eigenvalue weighted by molar-refractivity contribution is 0.180. The summed E-state index contributed by atoms with van der Waals surface area (Å²) < 4.78 is 5.12. The fourth-order valence-electron chi connectivity index (χ4n) is 3.47. The normalized spacial score (nSPS) is 16.6. The summed E-state index contributed by atoms with van der Waals surface area (Å²) in [6.07, 6.45) is 3.57. The predicted octanol–water partition coefficient (Wildman–Crippen LogP) is 2.48. The van der Waals surface area contributed by atoms with Gasteiger partial charge in [-0.15, -0.1) is 11.3 Å². The quantitative estimate of drug-likeness (QED) is 0.316. The molecule has 28 heavy (non-hydrogen) atoms. The number of likely N-dealkylation sites (N-methyl/N-ethyl adjacent to an activating group) is 1. The standard InChI is InChI=1S/C21H39N5OS/c1-4-22-21(23-10-14-25(2)11-6-15-27-3)24-17-19-8-12-26(13-9-19)18-20-7-5-16-28-20/h5,7,16,19H,4,6,8-15,17-18H2,1-3H3,(H2,22,23,24). The molecule has 0 bridgehead atoms. The lowest BCUT2D eigenvalue weighted by Crippen LogP contribution is -2.41. The fourth-order valence-corrected chi connectivity index (χ4v) is 4.21. The number of hydrogen-bond donors (Lipinski definition) is 2. The smallest absolute Gasteiger partial charge is 0.191 e. The number of ether oxygens (including phenoxy) is 1. The summed E-state index contributed by atoms with van der Waals surface area (Å²) in [4.78, 5) is 11.2. The van der Waals surface area contributed by atoms with Gasteiger partial charge in [-0.2, -0.15) is 0 Å². The molecule has 2 heterocycles. The molecule has 2 rings (SSSR count). The lowest BCUT2D eigenvalue weighted by Gasteiger charge is -2.31. The first-order valence-electron chi connectivity index (χ1n) is 10.7. The van der Waals surface area contributed by atoms with Crippen LogP contribution >= 0.6 is 11.3 Å². The van der Waals surface area contributed by atoms with Crippen molar-refractivity contribution in [3.05, 3.63) is 22.4 Å². The fraction of sp³-hybridized carbons (Fsp3) is 0.762. The SMILES string of the molecule is CCNC(=NCC1CCN(Cc2cccs2)CC1)NCCN(C)CCCOC. The summed E-state index contributed by atoms with van der Waals surface area (Å²) >= 11 is 1.86. The van der Waals surface area contributed by atoms with Gasteiger partial charge in [-0.3, -0.25) is 9.89 Å². The van der Waals surface area contributed by atoms with Crippen molar-refractivity contribution in [3.8, 4) is 0 Å². The van der Waals surface area contributed by atoms with E-state index in [1.165, 1.54) is 30.8 Å². The van der Waals surface area contributed by atoms with Gasteiger partial charge >= 0.3 is 0 Å². The second-order valence-electron chi connectivity index (χ2n) is 7.59. The first-order valence-corrected chi connectivity index (χ1v) is 11.5. The third-order valence-corrected chi connectivity index (χ3v) is 6.05. The molecule has 1 aromatic rings. The Morgan fingerprint density at radius 3 is 2.82 bits per heavy atom. The second-order valence-corrected chi connectivity index (χ2v) is 8.63. The number of thiophene rings is 1. The molecule has 0 aromatic carbocycles. The van der Waals surface area contributed by atoms with E-state index in [1.807, 2.05) is 11.3 Å². The molecule has 0 unspecified atom stereocenters. The minimum Gasteiger partial charge on any atom is -0.385 e. The van der Waals surface area contributed by atoms with Crippen LogP contribution in [0.1, 0.15) is 31.1 Å². The molecule has 0 radical (unpaired) electrons. The van der Waals surface area contributed by atoms with E-state index in [2.05, 4.69) is 51.9 Å². The van der Waals surface area contributed by atoms with E-state index in [4.69, 9.17) is 9.73 Å². The summed E-state index contributed by atoms with van der Waals surface area (Å²) in [5.41, 5.74) is 0. The number of methoxy groups -OCH3 is 1. The molecular weight excluding hydrogens is 370 g/mol. The average molecular weight is 410 g/mol. The van der Waals surface area contributed by atoms with Crippen LogP contribution in [-0.4, -0.2) is 82.3 Å². The second kappa shape index (κ2) is 13.9. The zero-order chi connectivity index (χ0) is 20.0. The Bertz CT molecular complexity index is 529. The van der Waals surface area contributed by atoms with E-state index < -0.39 is 0 Å². The van der Waals surface area contributed by atoms with Gasteiger partial charge in [0.05, 0.1) is 0 Å². The van der Waals surface area contributed by atoms with E-state index in [1.54, 1.807) is 7.11 Å². The number of rotatable bonds is 12.